The first-order valence-electron chi connectivity index (χ1n) is 5.01. The normalized spacial score (nSPS) is 8.25. The molecule has 0 spiro atoms. The van der Waals surface area contributed by atoms with Gasteiger partial charge in [0, 0.05) is 12.1 Å². The topological polar surface area (TPSA) is 64.1 Å². The molecule has 0 rings (SSSR count). The van der Waals surface area contributed by atoms with Crippen molar-refractivity contribution < 1.29 is 4.79 Å². The van der Waals surface area contributed by atoms with Crippen LogP contribution in [0.5, 0.6) is 0 Å². The van der Waals surface area contributed by atoms with Crippen LogP contribution in [0.25, 0.3) is 0 Å². The summed E-state index contributed by atoms with van der Waals surface area (Å²) in [5, 5.41) is 2.82. The second kappa shape index (κ2) is 10.7. The molecule has 0 saturated heterocycles. The number of allylic oxidation sites excluding steroid dienone is 2. The van der Waals surface area contributed by atoms with E-state index in [2.05, 4.69) is 32.7 Å². The second-order valence-corrected chi connectivity index (χ2v) is 3.92. The molecule has 0 aliphatic heterocycles. The highest BCUT2D eigenvalue weighted by Gasteiger charge is 1.99. The molecule has 0 aliphatic carbocycles. The highest BCUT2D eigenvalue weighted by Crippen LogP contribution is 2.08. The van der Waals surface area contributed by atoms with Crippen LogP contribution in [0.15, 0.2) is 23.3 Å². The predicted molar refractivity (Wildman–Crippen MR) is 73.4 cm³/mol. The van der Waals surface area contributed by atoms with Crippen molar-refractivity contribution in [3.05, 3.63) is 23.3 Å². The van der Waals surface area contributed by atoms with Gasteiger partial charge in [-0.1, -0.05) is 17.7 Å². The average Bonchev–Trinajstić information content (AvgIpc) is 2.11. The molecule has 0 aromatic heterocycles. The van der Waals surface area contributed by atoms with Crippen LogP contribution < -0.4 is 11.5 Å². The first kappa shape index (κ1) is 20.6. The zero-order valence-corrected chi connectivity index (χ0v) is 11.7. The Bertz CT molecular complexity index is 256. The maximum Gasteiger partial charge on any atom is 0.246 e. The van der Waals surface area contributed by atoms with Gasteiger partial charge in [-0.2, -0.15) is 0 Å². The predicted octanol–water partition coefficient (Wildman–Crippen LogP) is 3.40. The van der Waals surface area contributed by atoms with E-state index in [1.165, 1.54) is 11.1 Å². The summed E-state index contributed by atoms with van der Waals surface area (Å²) in [4.78, 5) is 11.1. The number of hydrogen-bond donors (Lipinski definition) is 2. The fourth-order valence-corrected chi connectivity index (χ4v) is 0.956. The van der Waals surface area contributed by atoms with Crippen molar-refractivity contribution in [3.63, 3.8) is 0 Å². The van der Waals surface area contributed by atoms with Crippen LogP contribution in [-0.2, 0) is 4.79 Å². The molecule has 0 bridgehead atoms. The van der Waals surface area contributed by atoms with E-state index < -0.39 is 0 Å². The molecule has 0 unspecified atom stereocenters. The van der Waals surface area contributed by atoms with Crippen LogP contribution in [0, 0.1) is 0 Å². The zero-order valence-electron chi connectivity index (χ0n) is 10.9. The Hall–Kier alpha value is -0.800. The number of nitrogens with one attached hydrogen (secondary N) is 1. The molecule has 4 heteroatoms. The van der Waals surface area contributed by atoms with E-state index in [-0.39, 0.29) is 24.5 Å². The van der Waals surface area contributed by atoms with Crippen molar-refractivity contribution in [2.75, 3.05) is 6.54 Å². The molecule has 4 N–H and O–H groups in total. The van der Waals surface area contributed by atoms with Crippen molar-refractivity contribution in [3.8, 4) is 0 Å². The third-order valence-corrected chi connectivity index (χ3v) is 2.26. The van der Waals surface area contributed by atoms with Gasteiger partial charge in [0.05, 0.1) is 0 Å². The molecular formula is C12H25ClN2O. The van der Waals surface area contributed by atoms with Gasteiger partial charge in [0.1, 0.15) is 0 Å². The number of amides is 1. The minimum Gasteiger partial charge on any atom is -0.352 e. The number of hydrogen-bond acceptors (Lipinski definition) is 2. The van der Waals surface area contributed by atoms with Gasteiger partial charge in [0.25, 0.3) is 0 Å². The maximum atomic E-state index is 11.1. The summed E-state index contributed by atoms with van der Waals surface area (Å²) in [6.45, 7) is 12.4. The average molecular weight is 249 g/mol. The van der Waals surface area contributed by atoms with E-state index in [1.54, 1.807) is 6.92 Å². The quantitative estimate of drug-likeness (QED) is 0.445. The summed E-state index contributed by atoms with van der Waals surface area (Å²) in [5.41, 5.74) is 3.36. The fraction of sp³-hybridized carbons (Fsp3) is 0.583. The minimum absolute atomic E-state index is 0. The van der Waals surface area contributed by atoms with Crippen molar-refractivity contribution in [2.45, 2.75) is 40.5 Å². The van der Waals surface area contributed by atoms with E-state index >= 15 is 0 Å². The van der Waals surface area contributed by atoms with E-state index in [0.29, 0.717) is 5.57 Å². The Morgan fingerprint density at radius 2 is 1.69 bits per heavy atom. The molecule has 0 aromatic rings. The van der Waals surface area contributed by atoms with Gasteiger partial charge < -0.3 is 11.5 Å². The van der Waals surface area contributed by atoms with Gasteiger partial charge in [-0.25, -0.2) is 0 Å². The third-order valence-electron chi connectivity index (χ3n) is 2.26. The molecule has 16 heavy (non-hydrogen) atoms. The zero-order chi connectivity index (χ0) is 11.1. The first-order chi connectivity index (χ1) is 6.45. The van der Waals surface area contributed by atoms with Crippen LogP contribution in [0.2, 0.25) is 0 Å². The van der Waals surface area contributed by atoms with Crippen molar-refractivity contribution in [2.24, 2.45) is 0 Å². The summed E-state index contributed by atoms with van der Waals surface area (Å²) < 4.78 is 0. The van der Waals surface area contributed by atoms with Crippen LogP contribution in [0.4, 0.5) is 0 Å². The number of carbonyl (C=O) groups is 1. The summed E-state index contributed by atoms with van der Waals surface area (Å²) in [6.07, 6.45) is 2.05. The summed E-state index contributed by atoms with van der Waals surface area (Å²) >= 11 is 0. The lowest BCUT2D eigenvalue weighted by Gasteiger charge is -2.05. The largest absolute Gasteiger partial charge is 0.352 e. The number of carbonyl (C=O) groups excluding carboxylic acids is 1. The molecule has 0 saturated carbocycles. The van der Waals surface area contributed by atoms with Crippen molar-refractivity contribution in [1.82, 2.24) is 11.5 Å². The Balaban J connectivity index is -0.000000845. The smallest absolute Gasteiger partial charge is 0.246 e. The lowest BCUT2D eigenvalue weighted by atomic mass is 10.1. The highest BCUT2D eigenvalue weighted by molar-refractivity contribution is 5.91. The lowest BCUT2D eigenvalue weighted by molar-refractivity contribution is -0.117. The van der Waals surface area contributed by atoms with Crippen LogP contribution in [0.1, 0.15) is 40.5 Å². The molecule has 96 valence electrons. The van der Waals surface area contributed by atoms with Gasteiger partial charge in [0.2, 0.25) is 5.91 Å². The second-order valence-electron chi connectivity index (χ2n) is 3.92. The van der Waals surface area contributed by atoms with Gasteiger partial charge in [-0.05, 0) is 40.5 Å². The van der Waals surface area contributed by atoms with Gasteiger partial charge in [-0.15, -0.1) is 12.4 Å². The summed E-state index contributed by atoms with van der Waals surface area (Å²) in [5.74, 6) is -0.0418. The first-order valence-corrected chi connectivity index (χ1v) is 5.01. The van der Waals surface area contributed by atoms with Crippen LogP contribution in [-0.4, -0.2) is 12.5 Å². The van der Waals surface area contributed by atoms with E-state index in [9.17, 15) is 4.79 Å². The Morgan fingerprint density at radius 1 is 1.19 bits per heavy atom. The van der Waals surface area contributed by atoms with Crippen LogP contribution in [0.3, 0.4) is 0 Å². The summed E-state index contributed by atoms with van der Waals surface area (Å²) in [7, 11) is 0. The van der Waals surface area contributed by atoms with E-state index in [4.69, 9.17) is 0 Å². The SMILES string of the molecule is C=C(C)C(=O)NCCCC(C)=C(C)C.Cl.N. The monoisotopic (exact) mass is 248 g/mol. The standard InChI is InChI=1S/C12H21NO.ClH.H3N/c1-9(2)11(5)7-6-8-13-12(14)10(3)4;;/h3,6-8H2,1-2,4-5H3,(H,13,14);1H;1H3. The molecule has 3 nitrogen and oxygen atoms in total. The number of rotatable bonds is 5. The molecule has 0 fully saturated rings. The Kier molecular flexibility index (Phi) is 13.8. The van der Waals surface area contributed by atoms with Gasteiger partial charge in [-0.3, -0.25) is 4.79 Å². The van der Waals surface area contributed by atoms with E-state index in [1.807, 2.05) is 0 Å². The maximum absolute atomic E-state index is 11.1. The summed E-state index contributed by atoms with van der Waals surface area (Å²) in [6, 6.07) is 0. The highest BCUT2D eigenvalue weighted by atomic mass is 35.5. The molecule has 0 aromatic carbocycles. The molecule has 0 atom stereocenters. The van der Waals surface area contributed by atoms with Crippen molar-refractivity contribution >= 4 is 18.3 Å². The lowest BCUT2D eigenvalue weighted by Crippen LogP contribution is -2.24. The van der Waals surface area contributed by atoms with Gasteiger partial charge in [0.15, 0.2) is 0 Å². The molecule has 0 heterocycles. The molecule has 0 radical (unpaired) electrons. The Labute approximate surface area is 105 Å². The van der Waals surface area contributed by atoms with E-state index in [0.717, 1.165) is 19.4 Å². The molecular weight excluding hydrogens is 224 g/mol. The van der Waals surface area contributed by atoms with Crippen LogP contribution >= 0.6 is 12.4 Å². The fourth-order valence-electron chi connectivity index (χ4n) is 0.956. The third kappa shape index (κ3) is 9.74. The Morgan fingerprint density at radius 3 is 2.06 bits per heavy atom. The molecule has 1 amide bonds. The van der Waals surface area contributed by atoms with Crippen molar-refractivity contribution in [1.29, 1.82) is 0 Å². The van der Waals surface area contributed by atoms with Gasteiger partial charge >= 0.3 is 0 Å². The minimum atomic E-state index is -0.0418. The molecule has 0 aliphatic rings. The number of halogens is 1.